The molecule has 0 aliphatic heterocycles. The fraction of sp³-hybridized carbons (Fsp3) is 0.538. The molecule has 1 aromatic carbocycles. The zero-order valence-corrected chi connectivity index (χ0v) is 22.8. The SMILES string of the molecule is COC(=O)[C@@H](C)CC(Cc1ccc(F)cc1)NC(=O)c1csc(C(O)CC(C(C)C)N(C)C(=O)CN)n1. The molecule has 37 heavy (non-hydrogen) atoms. The Morgan fingerprint density at radius 3 is 2.41 bits per heavy atom. The number of likely N-dealkylation sites (N-methyl/N-ethyl adjacent to an activating group) is 1. The maximum absolute atomic E-state index is 13.3. The lowest BCUT2D eigenvalue weighted by molar-refractivity contribution is -0.145. The van der Waals surface area contributed by atoms with E-state index in [1.165, 1.54) is 24.1 Å². The van der Waals surface area contributed by atoms with Crippen molar-refractivity contribution in [1.29, 1.82) is 0 Å². The van der Waals surface area contributed by atoms with Crippen molar-refractivity contribution < 1.29 is 28.6 Å². The van der Waals surface area contributed by atoms with E-state index in [-0.39, 0.29) is 42.3 Å². The van der Waals surface area contributed by atoms with Crippen LogP contribution in [-0.2, 0) is 20.7 Å². The predicted octanol–water partition coefficient (Wildman–Crippen LogP) is 2.69. The van der Waals surface area contributed by atoms with Crippen molar-refractivity contribution in [3.05, 3.63) is 51.7 Å². The number of carbonyl (C=O) groups is 3. The highest BCUT2D eigenvalue weighted by molar-refractivity contribution is 7.09. The van der Waals surface area contributed by atoms with Crippen LogP contribution < -0.4 is 11.1 Å². The third-order valence-corrected chi connectivity index (χ3v) is 7.26. The third kappa shape index (κ3) is 8.87. The van der Waals surface area contributed by atoms with Gasteiger partial charge in [-0.2, -0.15) is 0 Å². The number of hydrogen-bond donors (Lipinski definition) is 3. The summed E-state index contributed by atoms with van der Waals surface area (Å²) in [6.07, 6.45) is -0.0307. The largest absolute Gasteiger partial charge is 0.469 e. The fourth-order valence-corrected chi connectivity index (χ4v) is 4.96. The Balaban J connectivity index is 2.14. The first kappa shape index (κ1) is 30.3. The standard InChI is InChI=1S/C26H37FN4O5S/c1-15(2)21(31(4)23(33)13-28)12-22(32)25-30-20(14-37-25)24(34)29-19(10-16(3)26(35)36-5)11-17-6-8-18(27)9-7-17/h6-9,14-16,19,21-22,32H,10-13,28H2,1-5H3,(H,29,34)/t16-,19?,21?,22?/m0/s1. The highest BCUT2D eigenvalue weighted by atomic mass is 32.1. The van der Waals surface area contributed by atoms with Gasteiger partial charge in [-0.25, -0.2) is 9.37 Å². The Morgan fingerprint density at radius 1 is 1.19 bits per heavy atom. The van der Waals surface area contributed by atoms with Gasteiger partial charge in [0.1, 0.15) is 22.6 Å². The molecule has 0 aliphatic carbocycles. The number of aromatic nitrogens is 1. The van der Waals surface area contributed by atoms with Crippen LogP contribution in [0.3, 0.4) is 0 Å². The van der Waals surface area contributed by atoms with E-state index in [0.29, 0.717) is 17.8 Å². The molecule has 0 bridgehead atoms. The molecule has 0 aliphatic rings. The van der Waals surface area contributed by atoms with Crippen molar-refractivity contribution in [2.45, 2.75) is 58.2 Å². The van der Waals surface area contributed by atoms with Crippen LogP contribution in [0.5, 0.6) is 0 Å². The summed E-state index contributed by atoms with van der Waals surface area (Å²) in [5.41, 5.74) is 6.43. The highest BCUT2D eigenvalue weighted by Crippen LogP contribution is 2.27. The van der Waals surface area contributed by atoms with Crippen LogP contribution in [0.2, 0.25) is 0 Å². The molecule has 204 valence electrons. The lowest BCUT2D eigenvalue weighted by Gasteiger charge is -2.32. The average molecular weight is 537 g/mol. The Labute approximate surface area is 221 Å². The number of nitrogens with zero attached hydrogens (tertiary/aromatic N) is 2. The van der Waals surface area contributed by atoms with Crippen molar-refractivity contribution in [3.8, 4) is 0 Å². The topological polar surface area (TPSA) is 135 Å². The molecule has 0 radical (unpaired) electrons. The second kappa shape index (κ2) is 14.2. The van der Waals surface area contributed by atoms with E-state index in [0.717, 1.165) is 16.9 Å². The molecule has 0 saturated carbocycles. The van der Waals surface area contributed by atoms with E-state index in [2.05, 4.69) is 10.3 Å². The number of aliphatic hydroxyl groups is 1. The summed E-state index contributed by atoms with van der Waals surface area (Å²) in [5.74, 6) is -1.82. The van der Waals surface area contributed by atoms with Gasteiger partial charge in [0.25, 0.3) is 5.91 Å². The number of aliphatic hydroxyl groups excluding tert-OH is 1. The third-order valence-electron chi connectivity index (χ3n) is 6.31. The van der Waals surface area contributed by atoms with Gasteiger partial charge >= 0.3 is 5.97 Å². The molecule has 1 heterocycles. The number of amides is 2. The summed E-state index contributed by atoms with van der Waals surface area (Å²) in [6, 6.07) is 5.25. The molecule has 0 fully saturated rings. The average Bonchev–Trinajstić information content (AvgIpc) is 3.37. The maximum Gasteiger partial charge on any atom is 0.308 e. The van der Waals surface area contributed by atoms with Crippen molar-refractivity contribution in [2.75, 3.05) is 20.7 Å². The molecule has 4 atom stereocenters. The summed E-state index contributed by atoms with van der Waals surface area (Å²) >= 11 is 1.15. The smallest absolute Gasteiger partial charge is 0.308 e. The molecule has 4 N–H and O–H groups in total. The van der Waals surface area contributed by atoms with Crippen LogP contribution in [0, 0.1) is 17.7 Å². The number of nitrogens with two attached hydrogens (primary N) is 1. The predicted molar refractivity (Wildman–Crippen MR) is 139 cm³/mol. The van der Waals surface area contributed by atoms with Gasteiger partial charge in [-0.15, -0.1) is 11.3 Å². The van der Waals surface area contributed by atoms with Crippen LogP contribution in [0.15, 0.2) is 29.6 Å². The molecular weight excluding hydrogens is 499 g/mol. The van der Waals surface area contributed by atoms with Crippen molar-refractivity contribution in [2.24, 2.45) is 17.6 Å². The number of benzene rings is 1. The first-order valence-electron chi connectivity index (χ1n) is 12.2. The second-order valence-electron chi connectivity index (χ2n) is 9.50. The molecule has 2 rings (SSSR count). The van der Waals surface area contributed by atoms with Gasteiger partial charge in [0.15, 0.2) is 0 Å². The zero-order valence-electron chi connectivity index (χ0n) is 21.9. The van der Waals surface area contributed by atoms with Crippen molar-refractivity contribution >= 4 is 29.1 Å². The molecule has 2 aromatic rings. The van der Waals surface area contributed by atoms with Crippen LogP contribution in [-0.4, -0.2) is 65.6 Å². The lowest BCUT2D eigenvalue weighted by atomic mass is 9.96. The normalized spacial score (nSPS) is 14.5. The minimum atomic E-state index is -0.971. The van der Waals surface area contributed by atoms with Crippen LogP contribution in [0.1, 0.15) is 60.8 Å². The summed E-state index contributed by atoms with van der Waals surface area (Å²) in [7, 11) is 2.96. The minimum Gasteiger partial charge on any atom is -0.469 e. The van der Waals surface area contributed by atoms with Gasteiger partial charge in [-0.3, -0.25) is 14.4 Å². The summed E-state index contributed by atoms with van der Waals surface area (Å²) in [5, 5.41) is 15.6. The number of carbonyl (C=O) groups excluding carboxylic acids is 3. The van der Waals surface area contributed by atoms with E-state index >= 15 is 0 Å². The van der Waals surface area contributed by atoms with Gasteiger partial charge < -0.3 is 25.8 Å². The van der Waals surface area contributed by atoms with Gasteiger partial charge in [0, 0.05) is 30.9 Å². The molecular formula is C26H37FN4O5S. The Hall–Kier alpha value is -2.89. The lowest BCUT2D eigenvalue weighted by Crippen LogP contribution is -2.44. The number of esters is 1. The van der Waals surface area contributed by atoms with Crippen molar-refractivity contribution in [3.63, 3.8) is 0 Å². The van der Waals surface area contributed by atoms with E-state index in [4.69, 9.17) is 10.5 Å². The highest BCUT2D eigenvalue weighted by Gasteiger charge is 2.28. The molecule has 9 nitrogen and oxygen atoms in total. The van der Waals surface area contributed by atoms with E-state index in [1.807, 2.05) is 13.8 Å². The fourth-order valence-electron chi connectivity index (χ4n) is 4.16. The quantitative estimate of drug-likeness (QED) is 0.335. The molecule has 0 saturated heterocycles. The van der Waals surface area contributed by atoms with Gasteiger partial charge in [-0.1, -0.05) is 32.9 Å². The maximum atomic E-state index is 13.3. The van der Waals surface area contributed by atoms with Crippen molar-refractivity contribution in [1.82, 2.24) is 15.2 Å². The van der Waals surface area contributed by atoms with Gasteiger partial charge in [0.05, 0.1) is 19.6 Å². The number of halogens is 1. The van der Waals surface area contributed by atoms with Crippen LogP contribution in [0.4, 0.5) is 4.39 Å². The summed E-state index contributed by atoms with van der Waals surface area (Å²) < 4.78 is 18.1. The van der Waals surface area contributed by atoms with Gasteiger partial charge in [0.2, 0.25) is 5.91 Å². The first-order chi connectivity index (χ1) is 17.5. The van der Waals surface area contributed by atoms with Crippen LogP contribution in [0.25, 0.3) is 0 Å². The molecule has 0 spiro atoms. The minimum absolute atomic E-state index is 0.0712. The first-order valence-corrected chi connectivity index (χ1v) is 13.1. The summed E-state index contributed by atoms with van der Waals surface area (Å²) in [6.45, 7) is 5.50. The molecule has 2 amide bonds. The van der Waals surface area contributed by atoms with E-state index < -0.39 is 29.9 Å². The van der Waals surface area contributed by atoms with E-state index in [1.54, 1.807) is 31.5 Å². The number of ether oxygens (including phenoxy) is 1. The Morgan fingerprint density at radius 2 is 1.84 bits per heavy atom. The Bertz CT molecular complexity index is 1050. The Kier molecular flexibility index (Phi) is 11.6. The summed E-state index contributed by atoms with van der Waals surface area (Å²) in [4.78, 5) is 42.9. The molecule has 1 aromatic heterocycles. The van der Waals surface area contributed by atoms with E-state index in [9.17, 15) is 23.9 Å². The number of nitrogens with one attached hydrogen (secondary N) is 1. The number of thiazole rings is 1. The number of hydrogen-bond acceptors (Lipinski definition) is 8. The monoisotopic (exact) mass is 536 g/mol. The zero-order chi connectivity index (χ0) is 27.7. The van der Waals surface area contributed by atoms with Crippen LogP contribution >= 0.6 is 11.3 Å². The van der Waals surface area contributed by atoms with Gasteiger partial charge in [-0.05, 0) is 36.5 Å². The molecule has 3 unspecified atom stereocenters. The molecule has 11 heteroatoms. The number of methoxy groups -OCH3 is 1. The number of rotatable bonds is 13. The second-order valence-corrected chi connectivity index (χ2v) is 10.4.